The Hall–Kier alpha value is -2.62. The van der Waals surface area contributed by atoms with Crippen LogP contribution >= 0.6 is 0 Å². The van der Waals surface area contributed by atoms with Gasteiger partial charge in [0.05, 0.1) is 11.5 Å². The lowest BCUT2D eigenvalue weighted by Crippen LogP contribution is -2.49. The third kappa shape index (κ3) is 3.90. The molecule has 1 fully saturated rings. The average molecular weight is 340 g/mol. The lowest BCUT2D eigenvalue weighted by Gasteiger charge is -2.39. The van der Waals surface area contributed by atoms with Crippen LogP contribution in [0.1, 0.15) is 39.0 Å². The number of piperidine rings is 1. The number of aromatic amines is 1. The monoisotopic (exact) mass is 340 g/mol. The molecule has 1 amide bonds. The van der Waals surface area contributed by atoms with E-state index in [1.165, 1.54) is 6.42 Å². The van der Waals surface area contributed by atoms with E-state index in [4.69, 9.17) is 5.26 Å². The van der Waals surface area contributed by atoms with Gasteiger partial charge >= 0.3 is 0 Å². The van der Waals surface area contributed by atoms with E-state index in [-0.39, 0.29) is 18.4 Å². The Morgan fingerprint density at radius 3 is 3.20 bits per heavy atom. The lowest BCUT2D eigenvalue weighted by atomic mass is 9.87. The maximum atomic E-state index is 12.1. The molecule has 1 aliphatic heterocycles. The second kappa shape index (κ2) is 7.97. The summed E-state index contributed by atoms with van der Waals surface area (Å²) in [4.78, 5) is 25.7. The van der Waals surface area contributed by atoms with Crippen LogP contribution in [0.25, 0.3) is 11.0 Å². The molecule has 0 bridgehead atoms. The van der Waals surface area contributed by atoms with Crippen molar-refractivity contribution in [2.75, 3.05) is 18.4 Å². The summed E-state index contributed by atoms with van der Waals surface area (Å²) in [6.07, 6.45) is 7.77. The molecule has 3 heterocycles. The Morgan fingerprint density at radius 1 is 1.52 bits per heavy atom. The van der Waals surface area contributed by atoms with Crippen LogP contribution in [0.3, 0.4) is 0 Å². The highest BCUT2D eigenvalue weighted by Gasteiger charge is 2.31. The molecular weight excluding hydrogens is 316 g/mol. The standard InChI is InChI=1S/C18H24N6O/c1-2-3-4-13-7-10-24(16(25)5-8-19)11-15(13)23-18-14-6-9-20-17(14)21-12-22-18/h6,9,12-13,15H,2-5,7,10-11H2,1H3,(H2,20,21,22,23). The number of H-pyrrole nitrogens is 1. The average Bonchev–Trinajstić information content (AvgIpc) is 3.10. The van der Waals surface area contributed by atoms with Crippen molar-refractivity contribution in [1.82, 2.24) is 19.9 Å². The van der Waals surface area contributed by atoms with E-state index < -0.39 is 0 Å². The van der Waals surface area contributed by atoms with Gasteiger partial charge in [-0.15, -0.1) is 0 Å². The number of hydrogen-bond donors (Lipinski definition) is 2. The van der Waals surface area contributed by atoms with Gasteiger partial charge in [0.2, 0.25) is 5.91 Å². The van der Waals surface area contributed by atoms with Gasteiger partial charge in [0.1, 0.15) is 24.2 Å². The molecule has 0 aliphatic carbocycles. The van der Waals surface area contributed by atoms with Gasteiger partial charge in [-0.1, -0.05) is 19.8 Å². The number of nitriles is 1. The van der Waals surface area contributed by atoms with Gasteiger partial charge in [0.15, 0.2) is 0 Å². The number of carbonyl (C=O) groups excluding carboxylic acids is 1. The molecule has 2 aromatic rings. The van der Waals surface area contributed by atoms with Crippen LogP contribution in [0.5, 0.6) is 0 Å². The van der Waals surface area contributed by atoms with Crippen molar-refractivity contribution >= 4 is 22.8 Å². The Bertz CT molecular complexity index is 764. The summed E-state index contributed by atoms with van der Waals surface area (Å²) < 4.78 is 0. The largest absolute Gasteiger partial charge is 0.365 e. The Balaban J connectivity index is 1.78. The summed E-state index contributed by atoms with van der Waals surface area (Å²) in [5.41, 5.74) is 0.802. The highest BCUT2D eigenvalue weighted by molar-refractivity contribution is 5.86. The second-order valence-corrected chi connectivity index (χ2v) is 6.58. The van der Waals surface area contributed by atoms with E-state index in [0.717, 1.165) is 42.7 Å². The van der Waals surface area contributed by atoms with Gasteiger partial charge in [-0.3, -0.25) is 4.79 Å². The first-order chi connectivity index (χ1) is 12.2. The molecule has 0 aromatic carbocycles. The number of nitrogens with one attached hydrogen (secondary N) is 2. The number of carbonyl (C=O) groups is 1. The van der Waals surface area contributed by atoms with E-state index >= 15 is 0 Å². The van der Waals surface area contributed by atoms with Crippen LogP contribution in [-0.2, 0) is 4.79 Å². The molecule has 0 saturated carbocycles. The fraction of sp³-hybridized carbons (Fsp3) is 0.556. The van der Waals surface area contributed by atoms with E-state index in [1.54, 1.807) is 11.2 Å². The zero-order chi connectivity index (χ0) is 17.6. The maximum absolute atomic E-state index is 12.1. The minimum Gasteiger partial charge on any atom is -0.365 e. The molecule has 2 unspecified atom stereocenters. The molecule has 25 heavy (non-hydrogen) atoms. The first-order valence-electron chi connectivity index (χ1n) is 8.92. The molecule has 7 heteroatoms. The van der Waals surface area contributed by atoms with Gasteiger partial charge in [-0.05, 0) is 24.8 Å². The summed E-state index contributed by atoms with van der Waals surface area (Å²) in [5.74, 6) is 1.21. The van der Waals surface area contributed by atoms with E-state index in [9.17, 15) is 4.79 Å². The number of amides is 1. The first-order valence-corrected chi connectivity index (χ1v) is 8.92. The third-order valence-electron chi connectivity index (χ3n) is 4.94. The fourth-order valence-electron chi connectivity index (χ4n) is 3.54. The van der Waals surface area contributed by atoms with Crippen LogP contribution in [0, 0.1) is 17.2 Å². The van der Waals surface area contributed by atoms with Crippen molar-refractivity contribution in [2.24, 2.45) is 5.92 Å². The summed E-state index contributed by atoms with van der Waals surface area (Å²) in [6, 6.07) is 4.05. The molecule has 2 aromatic heterocycles. The van der Waals surface area contributed by atoms with E-state index in [2.05, 4.69) is 27.2 Å². The van der Waals surface area contributed by atoms with Crippen molar-refractivity contribution in [1.29, 1.82) is 5.26 Å². The molecule has 2 atom stereocenters. The molecule has 2 N–H and O–H groups in total. The number of anilines is 1. The van der Waals surface area contributed by atoms with Crippen molar-refractivity contribution in [3.05, 3.63) is 18.6 Å². The van der Waals surface area contributed by atoms with Crippen LogP contribution in [0.4, 0.5) is 5.82 Å². The van der Waals surface area contributed by atoms with Gasteiger partial charge in [0, 0.05) is 25.3 Å². The zero-order valence-electron chi connectivity index (χ0n) is 14.5. The zero-order valence-corrected chi connectivity index (χ0v) is 14.5. The minimum absolute atomic E-state index is 0.0537. The molecule has 7 nitrogen and oxygen atoms in total. The van der Waals surface area contributed by atoms with Crippen molar-refractivity contribution in [2.45, 2.75) is 45.1 Å². The maximum Gasteiger partial charge on any atom is 0.236 e. The number of aromatic nitrogens is 3. The van der Waals surface area contributed by atoms with Crippen LogP contribution < -0.4 is 5.32 Å². The number of rotatable bonds is 6. The summed E-state index contributed by atoms with van der Waals surface area (Å²) in [6.45, 7) is 3.54. The van der Waals surface area contributed by atoms with Gasteiger partial charge < -0.3 is 15.2 Å². The van der Waals surface area contributed by atoms with E-state index in [0.29, 0.717) is 12.5 Å². The summed E-state index contributed by atoms with van der Waals surface area (Å²) >= 11 is 0. The number of fused-ring (bicyclic) bond motifs is 1. The SMILES string of the molecule is CCCCC1CCN(C(=O)CC#N)CC1Nc1ncnc2[nH]ccc12. The van der Waals surface area contributed by atoms with Crippen LogP contribution in [-0.4, -0.2) is 44.9 Å². The van der Waals surface area contributed by atoms with E-state index in [1.807, 2.05) is 18.3 Å². The molecular formula is C18H24N6O. The van der Waals surface area contributed by atoms with Crippen molar-refractivity contribution in [3.63, 3.8) is 0 Å². The number of unbranched alkanes of at least 4 members (excludes halogenated alkanes) is 1. The quantitative estimate of drug-likeness (QED) is 0.842. The normalized spacial score (nSPS) is 20.4. The summed E-state index contributed by atoms with van der Waals surface area (Å²) in [7, 11) is 0. The number of hydrogen-bond acceptors (Lipinski definition) is 5. The molecule has 0 spiro atoms. The van der Waals surface area contributed by atoms with Gasteiger partial charge in [-0.2, -0.15) is 5.26 Å². The van der Waals surface area contributed by atoms with Crippen LogP contribution in [0.2, 0.25) is 0 Å². The van der Waals surface area contributed by atoms with Crippen molar-refractivity contribution < 1.29 is 4.79 Å². The first kappa shape index (κ1) is 17.2. The third-order valence-corrected chi connectivity index (χ3v) is 4.94. The summed E-state index contributed by atoms with van der Waals surface area (Å²) in [5, 5.41) is 13.3. The number of likely N-dealkylation sites (tertiary alicyclic amines) is 1. The Labute approximate surface area is 147 Å². The van der Waals surface area contributed by atoms with Gasteiger partial charge in [0.25, 0.3) is 0 Å². The predicted molar refractivity (Wildman–Crippen MR) is 95.7 cm³/mol. The Morgan fingerprint density at radius 2 is 2.40 bits per heavy atom. The smallest absolute Gasteiger partial charge is 0.236 e. The molecule has 0 radical (unpaired) electrons. The minimum atomic E-state index is -0.0854. The topological polar surface area (TPSA) is 97.7 Å². The number of nitrogens with zero attached hydrogens (tertiary/aromatic N) is 4. The van der Waals surface area contributed by atoms with Gasteiger partial charge in [-0.25, -0.2) is 9.97 Å². The Kier molecular flexibility index (Phi) is 5.49. The highest BCUT2D eigenvalue weighted by atomic mass is 16.2. The van der Waals surface area contributed by atoms with Crippen LogP contribution in [0.15, 0.2) is 18.6 Å². The lowest BCUT2D eigenvalue weighted by molar-refractivity contribution is -0.131. The highest BCUT2D eigenvalue weighted by Crippen LogP contribution is 2.28. The molecule has 132 valence electrons. The second-order valence-electron chi connectivity index (χ2n) is 6.58. The fourth-order valence-corrected chi connectivity index (χ4v) is 3.54. The van der Waals surface area contributed by atoms with Crippen molar-refractivity contribution in [3.8, 4) is 6.07 Å². The molecule has 3 rings (SSSR count). The molecule has 1 aliphatic rings. The molecule has 1 saturated heterocycles. The predicted octanol–water partition coefficient (Wildman–Crippen LogP) is 2.69.